The van der Waals surface area contributed by atoms with Gasteiger partial charge in [-0.3, -0.25) is 10.1 Å². The number of aryl methyl sites for hydroxylation is 1. The van der Waals surface area contributed by atoms with E-state index in [-0.39, 0.29) is 10.8 Å². The molecule has 6 heteroatoms. The largest absolute Gasteiger partial charge is 0.330 e. The summed E-state index contributed by atoms with van der Waals surface area (Å²) in [4.78, 5) is 11.9. The van der Waals surface area contributed by atoms with Crippen LogP contribution >= 0.6 is 12.2 Å². The van der Waals surface area contributed by atoms with Gasteiger partial charge in [0.25, 0.3) is 5.91 Å². The summed E-state index contributed by atoms with van der Waals surface area (Å²) in [6.07, 6.45) is 0. The van der Waals surface area contributed by atoms with Gasteiger partial charge in [-0.05, 0) is 43.4 Å². The van der Waals surface area contributed by atoms with Crippen LogP contribution in [0.4, 0.5) is 14.5 Å². The number of anilines is 1. The van der Waals surface area contributed by atoms with Crippen molar-refractivity contribution in [2.75, 3.05) is 5.32 Å². The topological polar surface area (TPSA) is 41.1 Å². The molecule has 0 aliphatic rings. The van der Waals surface area contributed by atoms with Crippen molar-refractivity contribution >= 4 is 28.9 Å². The van der Waals surface area contributed by atoms with Crippen LogP contribution in [0.5, 0.6) is 0 Å². The van der Waals surface area contributed by atoms with Crippen molar-refractivity contribution in [2.24, 2.45) is 0 Å². The van der Waals surface area contributed by atoms with Crippen LogP contribution in [0.25, 0.3) is 0 Å². The van der Waals surface area contributed by atoms with E-state index in [0.29, 0.717) is 5.56 Å². The van der Waals surface area contributed by atoms with Crippen molar-refractivity contribution < 1.29 is 13.6 Å². The smallest absolute Gasteiger partial charge is 0.257 e. The fourth-order valence-electron chi connectivity index (χ4n) is 1.63. The molecule has 0 atom stereocenters. The van der Waals surface area contributed by atoms with Gasteiger partial charge in [-0.1, -0.05) is 17.7 Å². The van der Waals surface area contributed by atoms with Gasteiger partial charge in [0.05, 0.1) is 5.69 Å². The summed E-state index contributed by atoms with van der Waals surface area (Å²) in [6.45, 7) is 1.90. The summed E-state index contributed by atoms with van der Waals surface area (Å²) in [5.74, 6) is -1.70. The Bertz CT molecular complexity index is 687. The lowest BCUT2D eigenvalue weighted by Gasteiger charge is -2.10. The zero-order valence-electron chi connectivity index (χ0n) is 11.1. The zero-order chi connectivity index (χ0) is 15.4. The van der Waals surface area contributed by atoms with Crippen LogP contribution in [0.1, 0.15) is 15.9 Å². The lowest BCUT2D eigenvalue weighted by Crippen LogP contribution is -2.34. The highest BCUT2D eigenvalue weighted by Crippen LogP contribution is 2.15. The molecule has 2 N–H and O–H groups in total. The van der Waals surface area contributed by atoms with Crippen LogP contribution in [0.15, 0.2) is 42.5 Å². The Kier molecular flexibility index (Phi) is 4.59. The van der Waals surface area contributed by atoms with Gasteiger partial charge in [-0.15, -0.1) is 0 Å². The highest BCUT2D eigenvalue weighted by molar-refractivity contribution is 7.80. The molecule has 1 amide bonds. The van der Waals surface area contributed by atoms with E-state index in [1.54, 1.807) is 24.3 Å². The number of nitrogens with one attached hydrogen (secondary N) is 2. The first-order chi connectivity index (χ1) is 9.95. The molecule has 0 aromatic heterocycles. The van der Waals surface area contributed by atoms with Crippen molar-refractivity contribution in [1.29, 1.82) is 0 Å². The van der Waals surface area contributed by atoms with Gasteiger partial charge in [0.15, 0.2) is 5.11 Å². The summed E-state index contributed by atoms with van der Waals surface area (Å²) >= 11 is 4.91. The van der Waals surface area contributed by atoms with E-state index in [4.69, 9.17) is 12.2 Å². The van der Waals surface area contributed by atoms with Gasteiger partial charge < -0.3 is 5.32 Å². The summed E-state index contributed by atoms with van der Waals surface area (Å²) < 4.78 is 26.5. The summed E-state index contributed by atoms with van der Waals surface area (Å²) in [5.41, 5.74) is 1.31. The van der Waals surface area contributed by atoms with Gasteiger partial charge >= 0.3 is 0 Å². The molecule has 0 heterocycles. The third kappa shape index (κ3) is 4.06. The molecule has 0 bridgehead atoms. The van der Waals surface area contributed by atoms with E-state index in [2.05, 4.69) is 10.6 Å². The molecule has 0 radical (unpaired) electrons. The van der Waals surface area contributed by atoms with E-state index in [1.165, 1.54) is 0 Å². The number of amides is 1. The Morgan fingerprint density at radius 1 is 1.10 bits per heavy atom. The molecule has 0 saturated carbocycles. The zero-order valence-corrected chi connectivity index (χ0v) is 11.9. The Balaban J connectivity index is 2.03. The van der Waals surface area contributed by atoms with Gasteiger partial charge in [-0.25, -0.2) is 8.78 Å². The van der Waals surface area contributed by atoms with Crippen LogP contribution in [0.2, 0.25) is 0 Å². The molecule has 2 rings (SSSR count). The molecule has 0 saturated heterocycles. The summed E-state index contributed by atoms with van der Waals surface area (Å²) in [6, 6.07) is 9.80. The predicted octanol–water partition coefficient (Wildman–Crippen LogP) is 3.40. The molecule has 3 nitrogen and oxygen atoms in total. The minimum Gasteiger partial charge on any atom is -0.330 e. The summed E-state index contributed by atoms with van der Waals surface area (Å²) in [5, 5.41) is 4.74. The minimum atomic E-state index is -0.664. The van der Waals surface area contributed by atoms with Crippen molar-refractivity contribution in [3.05, 3.63) is 65.2 Å². The lowest BCUT2D eigenvalue weighted by molar-refractivity contribution is 0.0977. The van der Waals surface area contributed by atoms with E-state index < -0.39 is 17.5 Å². The fraction of sp³-hybridized carbons (Fsp3) is 0.0667. The number of benzene rings is 2. The van der Waals surface area contributed by atoms with Crippen LogP contribution in [0, 0.1) is 18.6 Å². The van der Waals surface area contributed by atoms with Crippen LogP contribution in [0.3, 0.4) is 0 Å². The molecule has 0 unspecified atom stereocenters. The van der Waals surface area contributed by atoms with Crippen molar-refractivity contribution in [1.82, 2.24) is 5.32 Å². The first kappa shape index (κ1) is 15.1. The van der Waals surface area contributed by atoms with E-state index >= 15 is 0 Å². The predicted molar refractivity (Wildman–Crippen MR) is 81.2 cm³/mol. The Morgan fingerprint density at radius 3 is 2.43 bits per heavy atom. The maximum absolute atomic E-state index is 13.4. The molecule has 108 valence electrons. The fourth-order valence-corrected chi connectivity index (χ4v) is 1.83. The number of halogens is 2. The van der Waals surface area contributed by atoms with Gasteiger partial charge in [0.2, 0.25) is 0 Å². The first-order valence-electron chi connectivity index (χ1n) is 6.10. The second kappa shape index (κ2) is 6.41. The standard InChI is InChI=1S/C15H12F2N2OS/c1-9-2-4-10(5-3-9)14(20)19-15(21)18-13-8-11(16)6-7-12(13)17/h2-8H,1H3,(H2,18,19,20,21). The second-order valence-electron chi connectivity index (χ2n) is 4.40. The Labute approximate surface area is 126 Å². The Morgan fingerprint density at radius 2 is 1.76 bits per heavy atom. The van der Waals surface area contributed by atoms with Crippen LogP contribution in [-0.4, -0.2) is 11.0 Å². The van der Waals surface area contributed by atoms with Gasteiger partial charge in [0, 0.05) is 11.6 Å². The molecule has 2 aromatic rings. The average Bonchev–Trinajstić information content (AvgIpc) is 2.43. The monoisotopic (exact) mass is 306 g/mol. The Hall–Kier alpha value is -2.34. The third-order valence-electron chi connectivity index (χ3n) is 2.72. The quantitative estimate of drug-likeness (QED) is 0.836. The highest BCUT2D eigenvalue weighted by Gasteiger charge is 2.10. The molecular formula is C15H12F2N2OS. The van der Waals surface area contributed by atoms with Gasteiger partial charge in [-0.2, -0.15) is 0 Å². The van der Waals surface area contributed by atoms with Crippen molar-refractivity contribution in [2.45, 2.75) is 6.92 Å². The van der Waals surface area contributed by atoms with Crippen molar-refractivity contribution in [3.8, 4) is 0 Å². The van der Waals surface area contributed by atoms with Crippen LogP contribution < -0.4 is 10.6 Å². The highest BCUT2D eigenvalue weighted by atomic mass is 32.1. The van der Waals surface area contributed by atoms with E-state index in [9.17, 15) is 13.6 Å². The molecule has 2 aromatic carbocycles. The number of hydrogen-bond acceptors (Lipinski definition) is 2. The number of hydrogen-bond donors (Lipinski definition) is 2. The van der Waals surface area contributed by atoms with Gasteiger partial charge in [0.1, 0.15) is 11.6 Å². The normalized spacial score (nSPS) is 10.0. The molecule has 0 spiro atoms. The third-order valence-corrected chi connectivity index (χ3v) is 2.92. The number of rotatable bonds is 2. The van der Waals surface area contributed by atoms with Crippen LogP contribution in [-0.2, 0) is 0 Å². The molecule has 0 fully saturated rings. The van der Waals surface area contributed by atoms with E-state index in [1.807, 2.05) is 6.92 Å². The first-order valence-corrected chi connectivity index (χ1v) is 6.50. The number of carbonyl (C=O) groups is 1. The molecule has 0 aliphatic heterocycles. The van der Waals surface area contributed by atoms with Crippen molar-refractivity contribution in [3.63, 3.8) is 0 Å². The second-order valence-corrected chi connectivity index (χ2v) is 4.81. The SMILES string of the molecule is Cc1ccc(C(=O)NC(=S)Nc2cc(F)ccc2F)cc1. The summed E-state index contributed by atoms with van der Waals surface area (Å²) in [7, 11) is 0. The molecule has 21 heavy (non-hydrogen) atoms. The van der Waals surface area contributed by atoms with E-state index in [0.717, 1.165) is 23.8 Å². The maximum atomic E-state index is 13.4. The molecular weight excluding hydrogens is 294 g/mol. The minimum absolute atomic E-state index is 0.106. The number of carbonyl (C=O) groups excluding carboxylic acids is 1. The average molecular weight is 306 g/mol. The lowest BCUT2D eigenvalue weighted by atomic mass is 10.1. The number of thiocarbonyl (C=S) groups is 1. The molecule has 0 aliphatic carbocycles. The maximum Gasteiger partial charge on any atom is 0.257 e.